The number of carbonyl (C=O) groups is 3. The van der Waals surface area contributed by atoms with Crippen LogP contribution in [-0.4, -0.2) is 47.1 Å². The lowest BCUT2D eigenvalue weighted by atomic mass is 10.1. The second-order valence-corrected chi connectivity index (χ2v) is 6.08. The van der Waals surface area contributed by atoms with Crippen molar-refractivity contribution in [2.24, 2.45) is 0 Å². The quantitative estimate of drug-likeness (QED) is 0.787. The molecule has 0 spiro atoms. The molecular weight excluding hydrogens is 324 g/mol. The number of ether oxygens (including phenoxy) is 1. The van der Waals surface area contributed by atoms with Gasteiger partial charge in [-0.3, -0.25) is 4.79 Å². The molecule has 7 nitrogen and oxygen atoms in total. The fourth-order valence-corrected chi connectivity index (χ4v) is 2.73. The van der Waals surface area contributed by atoms with E-state index in [1.807, 2.05) is 18.2 Å². The molecule has 1 aromatic rings. The van der Waals surface area contributed by atoms with Crippen molar-refractivity contribution >= 4 is 18.0 Å². The lowest BCUT2D eigenvalue weighted by Crippen LogP contribution is -2.42. The molecule has 1 heterocycles. The number of piperidine rings is 1. The monoisotopic (exact) mass is 348 g/mol. The van der Waals surface area contributed by atoms with Gasteiger partial charge in [-0.15, -0.1) is 0 Å². The van der Waals surface area contributed by atoms with Gasteiger partial charge in [-0.1, -0.05) is 30.3 Å². The summed E-state index contributed by atoms with van der Waals surface area (Å²) in [6.07, 6.45) is 2.43. The molecule has 0 aromatic heterocycles. The molecule has 1 atom stereocenters. The number of nitrogens with zero attached hydrogens (tertiary/aromatic N) is 1. The van der Waals surface area contributed by atoms with Crippen molar-refractivity contribution in [3.8, 4) is 0 Å². The van der Waals surface area contributed by atoms with Gasteiger partial charge in [0.05, 0.1) is 0 Å². The number of carboxylic acids is 1. The Labute approximate surface area is 147 Å². The molecule has 1 aliphatic heterocycles. The number of carboxylic acid groups (broad SMARTS) is 1. The van der Waals surface area contributed by atoms with Gasteiger partial charge < -0.3 is 20.1 Å². The van der Waals surface area contributed by atoms with E-state index in [-0.39, 0.29) is 25.4 Å². The third-order valence-electron chi connectivity index (χ3n) is 4.16. The lowest BCUT2D eigenvalue weighted by Gasteiger charge is -2.27. The first-order valence-electron chi connectivity index (χ1n) is 8.54. The van der Waals surface area contributed by atoms with Gasteiger partial charge in [-0.2, -0.15) is 0 Å². The summed E-state index contributed by atoms with van der Waals surface area (Å²) in [4.78, 5) is 37.0. The van der Waals surface area contributed by atoms with Crippen molar-refractivity contribution in [2.45, 2.75) is 44.8 Å². The molecule has 25 heavy (non-hydrogen) atoms. The summed E-state index contributed by atoms with van der Waals surface area (Å²) in [7, 11) is 0. The number of hydrogen-bond acceptors (Lipinski definition) is 4. The topological polar surface area (TPSA) is 95.9 Å². The number of benzene rings is 1. The van der Waals surface area contributed by atoms with Crippen LogP contribution in [0, 0.1) is 0 Å². The maximum absolute atomic E-state index is 12.1. The van der Waals surface area contributed by atoms with Crippen molar-refractivity contribution in [1.82, 2.24) is 10.2 Å². The van der Waals surface area contributed by atoms with E-state index in [1.165, 1.54) is 0 Å². The van der Waals surface area contributed by atoms with Gasteiger partial charge in [-0.25, -0.2) is 9.59 Å². The van der Waals surface area contributed by atoms with Crippen LogP contribution >= 0.6 is 0 Å². The Kier molecular flexibility index (Phi) is 7.25. The Balaban J connectivity index is 1.76. The second-order valence-electron chi connectivity index (χ2n) is 6.08. The van der Waals surface area contributed by atoms with E-state index in [2.05, 4.69) is 5.32 Å². The van der Waals surface area contributed by atoms with Gasteiger partial charge in [0.1, 0.15) is 12.6 Å². The minimum Gasteiger partial charge on any atom is -0.480 e. The fourth-order valence-electron chi connectivity index (χ4n) is 2.73. The van der Waals surface area contributed by atoms with Gasteiger partial charge in [0.15, 0.2) is 0 Å². The van der Waals surface area contributed by atoms with Gasteiger partial charge in [0.25, 0.3) is 0 Å². The molecule has 2 rings (SSSR count). The van der Waals surface area contributed by atoms with Crippen LogP contribution in [0.25, 0.3) is 0 Å². The van der Waals surface area contributed by atoms with E-state index < -0.39 is 18.1 Å². The summed E-state index contributed by atoms with van der Waals surface area (Å²) in [5.41, 5.74) is 0.810. The highest BCUT2D eigenvalue weighted by atomic mass is 16.5. The molecule has 1 saturated heterocycles. The zero-order chi connectivity index (χ0) is 18.1. The molecule has 1 fully saturated rings. The average Bonchev–Trinajstić information content (AvgIpc) is 2.64. The summed E-state index contributed by atoms with van der Waals surface area (Å²) in [6.45, 7) is 1.51. The van der Waals surface area contributed by atoms with Crippen LogP contribution < -0.4 is 5.32 Å². The van der Waals surface area contributed by atoms with Crippen LogP contribution in [0.4, 0.5) is 4.79 Å². The number of aliphatic carboxylic acids is 1. The van der Waals surface area contributed by atoms with Crippen LogP contribution in [0.2, 0.25) is 0 Å². The van der Waals surface area contributed by atoms with E-state index in [1.54, 1.807) is 17.0 Å². The Hall–Kier alpha value is -2.57. The highest BCUT2D eigenvalue weighted by Gasteiger charge is 2.24. The lowest BCUT2D eigenvalue weighted by molar-refractivity contribution is -0.140. The van der Waals surface area contributed by atoms with Gasteiger partial charge in [0.2, 0.25) is 5.91 Å². The molecule has 1 aromatic carbocycles. The first-order chi connectivity index (χ1) is 12.1. The number of carbonyl (C=O) groups excluding carboxylic acids is 2. The zero-order valence-corrected chi connectivity index (χ0v) is 14.1. The smallest absolute Gasteiger partial charge is 0.408 e. The molecule has 1 aliphatic rings. The minimum absolute atomic E-state index is 0.0467. The molecule has 7 heteroatoms. The Morgan fingerprint density at radius 2 is 1.80 bits per heavy atom. The number of hydrogen-bond donors (Lipinski definition) is 2. The van der Waals surface area contributed by atoms with Crippen molar-refractivity contribution in [3.63, 3.8) is 0 Å². The fraction of sp³-hybridized carbons (Fsp3) is 0.500. The van der Waals surface area contributed by atoms with Gasteiger partial charge in [0, 0.05) is 19.5 Å². The molecule has 0 radical (unpaired) electrons. The predicted octanol–water partition coefficient (Wildman–Crippen LogP) is 2.16. The van der Waals surface area contributed by atoms with E-state index in [0.29, 0.717) is 0 Å². The number of nitrogens with one attached hydrogen (secondary N) is 1. The van der Waals surface area contributed by atoms with Gasteiger partial charge >= 0.3 is 12.1 Å². The highest BCUT2D eigenvalue weighted by Crippen LogP contribution is 2.11. The summed E-state index contributed by atoms with van der Waals surface area (Å²) >= 11 is 0. The zero-order valence-electron chi connectivity index (χ0n) is 14.1. The highest BCUT2D eigenvalue weighted by molar-refractivity contribution is 5.81. The van der Waals surface area contributed by atoms with Crippen molar-refractivity contribution < 1.29 is 24.2 Å². The van der Waals surface area contributed by atoms with Crippen LogP contribution in [0.1, 0.15) is 37.7 Å². The second kappa shape index (κ2) is 9.66. The van der Waals surface area contributed by atoms with Crippen LogP contribution in [0.15, 0.2) is 30.3 Å². The van der Waals surface area contributed by atoms with Crippen LogP contribution in [-0.2, 0) is 20.9 Å². The molecule has 136 valence electrons. The average molecular weight is 348 g/mol. The first-order valence-corrected chi connectivity index (χ1v) is 8.54. The molecule has 2 N–H and O–H groups in total. The predicted molar refractivity (Wildman–Crippen MR) is 90.9 cm³/mol. The van der Waals surface area contributed by atoms with Crippen molar-refractivity contribution in [1.29, 1.82) is 0 Å². The Morgan fingerprint density at radius 3 is 2.44 bits per heavy atom. The Morgan fingerprint density at radius 1 is 1.12 bits per heavy atom. The number of likely N-dealkylation sites (tertiary alicyclic amines) is 1. The summed E-state index contributed by atoms with van der Waals surface area (Å²) in [6, 6.07) is 7.96. The van der Waals surface area contributed by atoms with Crippen LogP contribution in [0.5, 0.6) is 0 Å². The number of amides is 2. The van der Waals surface area contributed by atoms with E-state index >= 15 is 0 Å². The summed E-state index contributed by atoms with van der Waals surface area (Å²) in [5, 5.41) is 11.5. The third-order valence-corrected chi connectivity index (χ3v) is 4.16. The standard InChI is InChI=1S/C18H24N2O5/c21-16(20-11-5-2-6-12-20)10-9-15(17(22)23)19-18(24)25-13-14-7-3-1-4-8-14/h1,3-4,7-8,15H,2,5-6,9-13H2,(H,19,24)(H,22,23)/t15-/m1/s1. The first kappa shape index (κ1) is 18.8. The Bertz CT molecular complexity index is 584. The molecule has 0 saturated carbocycles. The summed E-state index contributed by atoms with van der Waals surface area (Å²) < 4.78 is 5.02. The maximum Gasteiger partial charge on any atom is 0.408 e. The van der Waals surface area contributed by atoms with E-state index in [0.717, 1.165) is 37.9 Å². The minimum atomic E-state index is -1.18. The number of alkyl carbamates (subject to hydrolysis) is 1. The van der Waals surface area contributed by atoms with Crippen LogP contribution in [0.3, 0.4) is 0 Å². The number of rotatable bonds is 7. The SMILES string of the molecule is O=C(N[C@H](CCC(=O)N1CCCCC1)C(=O)O)OCc1ccccc1. The molecular formula is C18H24N2O5. The van der Waals surface area contributed by atoms with Gasteiger partial charge in [-0.05, 0) is 31.2 Å². The third kappa shape index (κ3) is 6.45. The van der Waals surface area contributed by atoms with Crippen molar-refractivity contribution in [2.75, 3.05) is 13.1 Å². The molecule has 0 aliphatic carbocycles. The van der Waals surface area contributed by atoms with E-state index in [4.69, 9.17) is 4.74 Å². The molecule has 0 unspecified atom stereocenters. The van der Waals surface area contributed by atoms with E-state index in [9.17, 15) is 19.5 Å². The summed E-state index contributed by atoms with van der Waals surface area (Å²) in [5.74, 6) is -1.24. The normalized spacial score (nSPS) is 15.3. The van der Waals surface area contributed by atoms with Crippen molar-refractivity contribution in [3.05, 3.63) is 35.9 Å². The molecule has 2 amide bonds. The maximum atomic E-state index is 12.1. The molecule has 0 bridgehead atoms. The largest absolute Gasteiger partial charge is 0.480 e.